The van der Waals surface area contributed by atoms with Gasteiger partial charge < -0.3 is 29.0 Å². The number of carbonyl (C=O) groups is 2. The molecule has 11 nitrogen and oxygen atoms in total. The fourth-order valence-corrected chi connectivity index (χ4v) is 6.00. The van der Waals surface area contributed by atoms with Crippen LogP contribution in [0.25, 0.3) is 0 Å². The normalized spacial score (nSPS) is 34.8. The Labute approximate surface area is 225 Å². The number of benzene rings is 1. The fourth-order valence-electron chi connectivity index (χ4n) is 6.00. The summed E-state index contributed by atoms with van der Waals surface area (Å²) in [5.74, 6) is -0.428. The molecule has 0 radical (unpaired) electrons. The van der Waals surface area contributed by atoms with Gasteiger partial charge in [-0.1, -0.05) is 12.2 Å². The first-order valence-corrected chi connectivity index (χ1v) is 12.6. The van der Waals surface area contributed by atoms with E-state index in [2.05, 4.69) is 15.6 Å². The van der Waals surface area contributed by atoms with Crippen LogP contribution in [0, 0.1) is 5.41 Å². The van der Waals surface area contributed by atoms with E-state index in [-0.39, 0.29) is 11.7 Å². The highest BCUT2D eigenvalue weighted by Crippen LogP contribution is 2.89. The monoisotopic (exact) mass is 534 g/mol. The van der Waals surface area contributed by atoms with E-state index < -0.39 is 39.9 Å². The van der Waals surface area contributed by atoms with Gasteiger partial charge in [-0.25, -0.2) is 20.1 Å². The highest BCUT2D eigenvalue weighted by Gasteiger charge is 3.06. The minimum Gasteiger partial charge on any atom is -0.495 e. The molecule has 2 amide bonds. The fraction of sp³-hybridized carbons (Fsp3) is 0.429. The van der Waals surface area contributed by atoms with Crippen molar-refractivity contribution >= 4 is 29.9 Å². The molecule has 3 unspecified atom stereocenters. The number of hydrogen-bond acceptors (Lipinski definition) is 9. The molecule has 2 fully saturated rings. The molecular formula is C28H30N4O7. The smallest absolute Gasteiger partial charge is 0.415 e. The van der Waals surface area contributed by atoms with E-state index in [0.717, 1.165) is 0 Å². The van der Waals surface area contributed by atoms with Crippen molar-refractivity contribution in [3.8, 4) is 5.75 Å². The first-order valence-electron chi connectivity index (χ1n) is 12.6. The Balaban J connectivity index is 1.32. The Kier molecular flexibility index (Phi) is 5.13. The quantitative estimate of drug-likeness (QED) is 0.605. The summed E-state index contributed by atoms with van der Waals surface area (Å²) in [6, 6.07) is 5.36. The number of rotatable bonds is 3. The van der Waals surface area contributed by atoms with Gasteiger partial charge in [0.05, 0.1) is 19.9 Å². The molecular weight excluding hydrogens is 504 g/mol. The third-order valence-corrected chi connectivity index (χ3v) is 7.65. The molecule has 1 aliphatic carbocycles. The van der Waals surface area contributed by atoms with Crippen molar-refractivity contribution < 1.29 is 33.3 Å². The largest absolute Gasteiger partial charge is 0.495 e. The number of fused-ring (bicyclic) bond motifs is 1. The molecule has 1 aromatic rings. The second kappa shape index (κ2) is 7.95. The maximum absolute atomic E-state index is 13.1. The summed E-state index contributed by atoms with van der Waals surface area (Å²) in [5.41, 5.74) is -1.54. The number of hydrogen-bond donors (Lipinski definition) is 2. The molecule has 39 heavy (non-hydrogen) atoms. The Morgan fingerprint density at radius 3 is 2.54 bits per heavy atom. The molecule has 1 aromatic carbocycles. The van der Waals surface area contributed by atoms with Gasteiger partial charge in [0.1, 0.15) is 33.8 Å². The lowest BCUT2D eigenvalue weighted by molar-refractivity contribution is -0.263. The first-order chi connectivity index (χ1) is 18.4. The van der Waals surface area contributed by atoms with Crippen LogP contribution in [-0.2, 0) is 29.3 Å². The molecule has 6 rings (SSSR count). The lowest BCUT2D eigenvalue weighted by atomic mass is 9.77. The van der Waals surface area contributed by atoms with Crippen molar-refractivity contribution in [2.75, 3.05) is 19.0 Å². The van der Waals surface area contributed by atoms with E-state index in [1.54, 1.807) is 63.3 Å². The number of ether oxygens (including phenoxy) is 5. The molecule has 11 heteroatoms. The van der Waals surface area contributed by atoms with Gasteiger partial charge in [0, 0.05) is 11.3 Å². The van der Waals surface area contributed by atoms with Crippen LogP contribution >= 0.6 is 0 Å². The maximum atomic E-state index is 13.1. The Morgan fingerprint density at radius 2 is 1.85 bits per heavy atom. The van der Waals surface area contributed by atoms with Gasteiger partial charge in [-0.05, 0) is 65.0 Å². The standard InChI is InChI=1S/C28H30N4O7/c1-24(2,3)39-23(34)31-22-32-27-18-13-16(30-21(33)19-10-8-7-9-17(35-6)14-29-19)11-12-20(18)37-25(4,5)26(27)15-36-28(26,27)38-22/h7-14H,15H2,1-6H3,(H,30,33)(H,31,32,34)/b8-7+,9-7?,10-8?,17-9-,17-14?,19-10-,29-14-,29-19?. The summed E-state index contributed by atoms with van der Waals surface area (Å²) in [4.78, 5) is 34.7. The molecule has 1 saturated carbocycles. The van der Waals surface area contributed by atoms with E-state index in [0.29, 0.717) is 29.4 Å². The van der Waals surface area contributed by atoms with E-state index in [4.69, 9.17) is 28.7 Å². The van der Waals surface area contributed by atoms with Crippen LogP contribution in [0.2, 0.25) is 0 Å². The van der Waals surface area contributed by atoms with Crippen molar-refractivity contribution in [2.24, 2.45) is 15.4 Å². The topological polar surface area (TPSA) is 129 Å². The van der Waals surface area contributed by atoms with E-state index >= 15 is 0 Å². The second-order valence-electron chi connectivity index (χ2n) is 11.4. The van der Waals surface area contributed by atoms with Crippen LogP contribution in [0.15, 0.2) is 63.9 Å². The number of alkyl carbamates (subject to hydrolysis) is 1. The third-order valence-electron chi connectivity index (χ3n) is 7.65. The molecule has 4 heterocycles. The van der Waals surface area contributed by atoms with Gasteiger partial charge in [-0.3, -0.25) is 4.79 Å². The SMILES string of the molecule is COC1=C\C=C\C=C(C(=O)Nc2ccc3c(c2)C24N=C(NC(=O)OC(C)(C)C)OC25OCC54C(C)(C)O3)/N=C\1. The van der Waals surface area contributed by atoms with E-state index in [1.165, 1.54) is 13.3 Å². The molecule has 1 saturated heterocycles. The number of anilines is 1. The zero-order valence-electron chi connectivity index (χ0n) is 22.6. The number of aliphatic imine (C=N–C) groups is 2. The Bertz CT molecular complexity index is 1450. The molecule has 5 aliphatic rings. The molecule has 0 bridgehead atoms. The van der Waals surface area contributed by atoms with Crippen LogP contribution < -0.4 is 15.4 Å². The Hall–Kier alpha value is -4.12. The van der Waals surface area contributed by atoms with Crippen molar-refractivity contribution in [3.05, 3.63) is 59.5 Å². The molecule has 3 atom stereocenters. The van der Waals surface area contributed by atoms with Crippen LogP contribution in [0.3, 0.4) is 0 Å². The first kappa shape index (κ1) is 25.2. The average molecular weight is 535 g/mol. The molecule has 3 spiro atoms. The number of nitrogens with one attached hydrogen (secondary N) is 2. The number of allylic oxidation sites excluding steroid dienone is 5. The number of nitrogens with zero attached hydrogens (tertiary/aromatic N) is 2. The summed E-state index contributed by atoms with van der Waals surface area (Å²) in [5, 5.41) is 5.50. The molecule has 2 N–H and O–H groups in total. The molecule has 4 aliphatic heterocycles. The number of amidine groups is 1. The summed E-state index contributed by atoms with van der Waals surface area (Å²) in [6.45, 7) is 9.63. The van der Waals surface area contributed by atoms with Crippen molar-refractivity contribution in [1.29, 1.82) is 0 Å². The van der Waals surface area contributed by atoms with E-state index in [9.17, 15) is 9.59 Å². The lowest BCUT2D eigenvalue weighted by Gasteiger charge is -2.46. The van der Waals surface area contributed by atoms with Gasteiger partial charge in [-0.2, -0.15) is 0 Å². The van der Waals surface area contributed by atoms with Crippen molar-refractivity contribution in [1.82, 2.24) is 5.32 Å². The average Bonchev–Trinajstić information content (AvgIpc) is 3.01. The van der Waals surface area contributed by atoms with E-state index in [1.807, 2.05) is 13.8 Å². The number of carbonyl (C=O) groups excluding carboxylic acids is 2. The minimum absolute atomic E-state index is 0.0143. The van der Waals surface area contributed by atoms with Gasteiger partial charge >= 0.3 is 6.09 Å². The van der Waals surface area contributed by atoms with Crippen molar-refractivity contribution in [2.45, 2.75) is 57.1 Å². The van der Waals surface area contributed by atoms with Crippen LogP contribution in [0.1, 0.15) is 40.2 Å². The van der Waals surface area contributed by atoms with Crippen LogP contribution in [0.4, 0.5) is 10.5 Å². The maximum Gasteiger partial charge on any atom is 0.415 e. The highest BCUT2D eigenvalue weighted by molar-refractivity contribution is 6.05. The van der Waals surface area contributed by atoms with Gasteiger partial charge in [-0.15, -0.1) is 0 Å². The summed E-state index contributed by atoms with van der Waals surface area (Å²) >= 11 is 0. The zero-order valence-corrected chi connectivity index (χ0v) is 22.6. The van der Waals surface area contributed by atoms with Crippen molar-refractivity contribution in [3.63, 3.8) is 0 Å². The van der Waals surface area contributed by atoms with Gasteiger partial charge in [0.25, 0.3) is 17.7 Å². The molecule has 0 aromatic heterocycles. The summed E-state index contributed by atoms with van der Waals surface area (Å²) in [7, 11) is 1.53. The van der Waals surface area contributed by atoms with Crippen LogP contribution in [0.5, 0.6) is 5.75 Å². The summed E-state index contributed by atoms with van der Waals surface area (Å²) < 4.78 is 29.2. The summed E-state index contributed by atoms with van der Waals surface area (Å²) in [6.07, 6.45) is 7.63. The minimum atomic E-state index is -1.14. The second-order valence-corrected chi connectivity index (χ2v) is 11.4. The Morgan fingerprint density at radius 1 is 1.08 bits per heavy atom. The molecule has 204 valence electrons. The van der Waals surface area contributed by atoms with Gasteiger partial charge in [0.2, 0.25) is 0 Å². The van der Waals surface area contributed by atoms with Gasteiger partial charge in [0.15, 0.2) is 5.54 Å². The zero-order chi connectivity index (χ0) is 27.8. The predicted molar refractivity (Wildman–Crippen MR) is 141 cm³/mol. The predicted octanol–water partition coefficient (Wildman–Crippen LogP) is 3.68. The van der Waals surface area contributed by atoms with Crippen LogP contribution in [-0.4, -0.2) is 54.9 Å². The lowest BCUT2D eigenvalue weighted by Crippen LogP contribution is -2.58. The number of amides is 2. The third kappa shape index (κ3) is 3.32. The number of methoxy groups -OCH3 is 1. The highest BCUT2D eigenvalue weighted by atomic mass is 16.8.